The Morgan fingerprint density at radius 2 is 2.05 bits per heavy atom. The van der Waals surface area contributed by atoms with E-state index in [1.54, 1.807) is 14.0 Å². The summed E-state index contributed by atoms with van der Waals surface area (Å²) in [4.78, 5) is 12.6. The molecule has 0 aromatic heterocycles. The lowest BCUT2D eigenvalue weighted by Crippen LogP contribution is -2.51. The predicted octanol–water partition coefficient (Wildman–Crippen LogP) is 0.916. The third-order valence-electron chi connectivity index (χ3n) is 4.04. The summed E-state index contributed by atoms with van der Waals surface area (Å²) in [7, 11) is 1.65. The van der Waals surface area contributed by atoms with Crippen molar-refractivity contribution < 1.29 is 14.6 Å². The largest absolute Gasteiger partial charge is 0.393 e. The summed E-state index contributed by atoms with van der Waals surface area (Å²) in [5, 5.41) is 15.8. The third kappa shape index (κ3) is 5.04. The zero-order valence-electron chi connectivity index (χ0n) is 13.3. The second-order valence-electron chi connectivity index (χ2n) is 6.86. The Balaban J connectivity index is 2.58. The molecule has 5 nitrogen and oxygen atoms in total. The van der Waals surface area contributed by atoms with E-state index in [1.807, 2.05) is 0 Å². The van der Waals surface area contributed by atoms with E-state index >= 15 is 0 Å². The van der Waals surface area contributed by atoms with Gasteiger partial charge in [-0.15, -0.1) is 0 Å². The van der Waals surface area contributed by atoms with Crippen LogP contribution in [0.5, 0.6) is 0 Å². The van der Waals surface area contributed by atoms with Gasteiger partial charge in [-0.05, 0) is 44.7 Å². The van der Waals surface area contributed by atoms with Gasteiger partial charge in [-0.3, -0.25) is 4.79 Å². The van der Waals surface area contributed by atoms with Crippen molar-refractivity contribution in [3.63, 3.8) is 0 Å². The molecule has 1 fully saturated rings. The molecule has 1 atom stereocenters. The van der Waals surface area contributed by atoms with Crippen molar-refractivity contribution in [2.24, 2.45) is 10.8 Å². The molecule has 1 aliphatic heterocycles. The van der Waals surface area contributed by atoms with Gasteiger partial charge < -0.3 is 20.5 Å². The van der Waals surface area contributed by atoms with Crippen LogP contribution in [0.3, 0.4) is 0 Å². The molecule has 0 bridgehead atoms. The van der Waals surface area contributed by atoms with Crippen molar-refractivity contribution in [1.82, 2.24) is 10.6 Å². The number of carbonyl (C=O) groups excluding carboxylic acids is 1. The van der Waals surface area contributed by atoms with Crippen LogP contribution in [0.1, 0.15) is 40.0 Å². The van der Waals surface area contributed by atoms with Crippen LogP contribution in [0.25, 0.3) is 0 Å². The highest BCUT2D eigenvalue weighted by molar-refractivity contribution is 5.83. The number of nitrogens with one attached hydrogen (secondary N) is 2. The van der Waals surface area contributed by atoms with Gasteiger partial charge in [0.2, 0.25) is 5.91 Å². The van der Waals surface area contributed by atoms with Crippen molar-refractivity contribution in [3.8, 4) is 0 Å². The Kier molecular flexibility index (Phi) is 6.43. The number of hydrogen-bond acceptors (Lipinski definition) is 4. The van der Waals surface area contributed by atoms with Gasteiger partial charge in [0.25, 0.3) is 0 Å². The van der Waals surface area contributed by atoms with Gasteiger partial charge in [0.05, 0.1) is 18.1 Å². The number of hydrogen-bond donors (Lipinski definition) is 3. The number of aliphatic hydroxyl groups is 1. The summed E-state index contributed by atoms with van der Waals surface area (Å²) in [5.74, 6) is 0.0829. The average Bonchev–Trinajstić information content (AvgIpc) is 2.36. The van der Waals surface area contributed by atoms with Gasteiger partial charge in [-0.1, -0.05) is 13.8 Å². The van der Waals surface area contributed by atoms with E-state index in [2.05, 4.69) is 24.5 Å². The number of carbonyl (C=O) groups is 1. The van der Waals surface area contributed by atoms with Crippen molar-refractivity contribution in [2.75, 3.05) is 33.4 Å². The number of methoxy groups -OCH3 is 1. The minimum Gasteiger partial charge on any atom is -0.393 e. The topological polar surface area (TPSA) is 70.6 Å². The first-order valence-corrected chi connectivity index (χ1v) is 7.47. The van der Waals surface area contributed by atoms with Crippen LogP contribution in [-0.4, -0.2) is 50.5 Å². The first-order valence-electron chi connectivity index (χ1n) is 7.47. The van der Waals surface area contributed by atoms with Gasteiger partial charge in [0, 0.05) is 13.7 Å². The molecule has 1 amide bonds. The standard InChI is InChI=1S/C15H30N2O3/c1-12(18)9-14(2,3)10-17-13(19)15(11-20-4)5-7-16-8-6-15/h12,16,18H,5-11H2,1-4H3,(H,17,19). The molecule has 0 aromatic carbocycles. The molecule has 0 aliphatic carbocycles. The predicted molar refractivity (Wildman–Crippen MR) is 79.5 cm³/mol. The van der Waals surface area contributed by atoms with E-state index in [4.69, 9.17) is 4.74 Å². The SMILES string of the molecule is COCC1(C(=O)NCC(C)(C)CC(C)O)CCNCC1. The summed E-state index contributed by atoms with van der Waals surface area (Å²) in [6.45, 7) is 8.66. The summed E-state index contributed by atoms with van der Waals surface area (Å²) in [6.07, 6.45) is 1.94. The minimum atomic E-state index is -0.402. The maximum Gasteiger partial charge on any atom is 0.228 e. The van der Waals surface area contributed by atoms with Crippen molar-refractivity contribution >= 4 is 5.91 Å². The zero-order valence-corrected chi connectivity index (χ0v) is 13.3. The van der Waals surface area contributed by atoms with E-state index < -0.39 is 5.41 Å². The van der Waals surface area contributed by atoms with Gasteiger partial charge in [-0.2, -0.15) is 0 Å². The molecule has 0 radical (unpaired) electrons. The van der Waals surface area contributed by atoms with Gasteiger partial charge in [0.15, 0.2) is 0 Å². The van der Waals surface area contributed by atoms with E-state index in [1.165, 1.54) is 0 Å². The number of ether oxygens (including phenoxy) is 1. The first-order chi connectivity index (χ1) is 9.31. The van der Waals surface area contributed by atoms with Crippen molar-refractivity contribution in [3.05, 3.63) is 0 Å². The van der Waals surface area contributed by atoms with Crippen LogP contribution in [0.2, 0.25) is 0 Å². The molecule has 5 heteroatoms. The average molecular weight is 286 g/mol. The Hall–Kier alpha value is -0.650. The molecule has 1 heterocycles. The van der Waals surface area contributed by atoms with Crippen molar-refractivity contribution in [1.29, 1.82) is 0 Å². The van der Waals surface area contributed by atoms with Crippen LogP contribution in [0.15, 0.2) is 0 Å². The fourth-order valence-corrected chi connectivity index (χ4v) is 3.00. The minimum absolute atomic E-state index is 0.0829. The smallest absolute Gasteiger partial charge is 0.228 e. The first kappa shape index (κ1) is 17.4. The fraction of sp³-hybridized carbons (Fsp3) is 0.933. The highest BCUT2D eigenvalue weighted by Gasteiger charge is 2.40. The lowest BCUT2D eigenvalue weighted by molar-refractivity contribution is -0.136. The molecule has 1 unspecified atom stereocenters. The number of amides is 1. The highest BCUT2D eigenvalue weighted by atomic mass is 16.5. The van der Waals surface area contributed by atoms with Gasteiger partial charge >= 0.3 is 0 Å². The Morgan fingerprint density at radius 3 is 2.55 bits per heavy atom. The number of aliphatic hydroxyl groups excluding tert-OH is 1. The summed E-state index contributed by atoms with van der Waals surface area (Å²) in [6, 6.07) is 0. The fourth-order valence-electron chi connectivity index (χ4n) is 3.00. The van der Waals surface area contributed by atoms with E-state index in [9.17, 15) is 9.90 Å². The second kappa shape index (κ2) is 7.38. The molecule has 0 aromatic rings. The molecule has 1 rings (SSSR count). The normalized spacial score (nSPS) is 20.4. The van der Waals surface area contributed by atoms with Crippen LogP contribution >= 0.6 is 0 Å². The molecule has 20 heavy (non-hydrogen) atoms. The van der Waals surface area contributed by atoms with Crippen LogP contribution in [-0.2, 0) is 9.53 Å². The molecule has 1 saturated heterocycles. The summed E-state index contributed by atoms with van der Waals surface area (Å²) < 4.78 is 5.27. The molecular weight excluding hydrogens is 256 g/mol. The molecule has 3 N–H and O–H groups in total. The number of rotatable bonds is 7. The lowest BCUT2D eigenvalue weighted by atomic mass is 9.78. The van der Waals surface area contributed by atoms with Crippen molar-refractivity contribution in [2.45, 2.75) is 46.1 Å². The summed E-state index contributed by atoms with van der Waals surface area (Å²) >= 11 is 0. The molecular formula is C15H30N2O3. The lowest BCUT2D eigenvalue weighted by Gasteiger charge is -2.37. The van der Waals surface area contributed by atoms with Crippen LogP contribution in [0, 0.1) is 10.8 Å². The van der Waals surface area contributed by atoms with E-state index in [-0.39, 0.29) is 17.4 Å². The Bertz CT molecular complexity index is 305. The maximum absolute atomic E-state index is 12.6. The van der Waals surface area contributed by atoms with E-state index in [0.29, 0.717) is 19.6 Å². The molecule has 0 saturated carbocycles. The summed E-state index contributed by atoms with van der Waals surface area (Å²) in [5.41, 5.74) is -0.508. The van der Waals surface area contributed by atoms with Crippen LogP contribution in [0.4, 0.5) is 0 Å². The Morgan fingerprint density at radius 1 is 1.45 bits per heavy atom. The quantitative estimate of drug-likeness (QED) is 0.651. The van der Waals surface area contributed by atoms with E-state index in [0.717, 1.165) is 25.9 Å². The van der Waals surface area contributed by atoms with Crippen LogP contribution < -0.4 is 10.6 Å². The number of piperidine rings is 1. The second-order valence-corrected chi connectivity index (χ2v) is 6.86. The van der Waals surface area contributed by atoms with Gasteiger partial charge in [0.1, 0.15) is 0 Å². The third-order valence-corrected chi connectivity index (χ3v) is 4.04. The van der Waals surface area contributed by atoms with Gasteiger partial charge in [-0.25, -0.2) is 0 Å². The molecule has 118 valence electrons. The highest BCUT2D eigenvalue weighted by Crippen LogP contribution is 2.30. The molecule has 0 spiro atoms. The Labute approximate surface area is 122 Å². The zero-order chi connectivity index (χ0) is 15.2. The monoisotopic (exact) mass is 286 g/mol. The molecule has 1 aliphatic rings. The maximum atomic E-state index is 12.6.